The number of halogens is 1. The van der Waals surface area contributed by atoms with Crippen LogP contribution in [0.4, 0.5) is 0 Å². The van der Waals surface area contributed by atoms with Crippen molar-refractivity contribution in [3.05, 3.63) is 20.8 Å². The lowest BCUT2D eigenvalue weighted by Gasteiger charge is -2.42. The molecule has 0 radical (unpaired) electrons. The maximum Gasteiger partial charge on any atom is 0.0314 e. The largest absolute Gasteiger partial charge is 0.314 e. The second-order valence-electron chi connectivity index (χ2n) is 6.94. The van der Waals surface area contributed by atoms with E-state index < -0.39 is 0 Å². The van der Waals surface area contributed by atoms with Crippen LogP contribution in [0.3, 0.4) is 0 Å². The maximum atomic E-state index is 3.80. The van der Waals surface area contributed by atoms with Crippen molar-refractivity contribution in [3.63, 3.8) is 0 Å². The number of nitrogens with one attached hydrogen (secondary N) is 1. The Hall–Kier alpha value is 0.140. The lowest BCUT2D eigenvalue weighted by atomic mass is 9.66. The number of hydrogen-bond donors (Lipinski definition) is 1. The molecule has 4 atom stereocenters. The van der Waals surface area contributed by atoms with Gasteiger partial charge in [-0.15, -0.1) is 11.3 Å². The minimum absolute atomic E-state index is 0.674. The molecule has 1 aromatic heterocycles. The van der Waals surface area contributed by atoms with Gasteiger partial charge < -0.3 is 5.32 Å². The summed E-state index contributed by atoms with van der Waals surface area (Å²) in [6, 6.07) is 2.87. The summed E-state index contributed by atoms with van der Waals surface area (Å²) in [6.45, 7) is 3.35. The third-order valence-corrected chi connectivity index (χ3v) is 7.66. The lowest BCUT2D eigenvalue weighted by Crippen LogP contribution is -2.42. The highest BCUT2D eigenvalue weighted by atomic mass is 79.9. The lowest BCUT2D eigenvalue weighted by molar-refractivity contribution is 0.110. The summed E-state index contributed by atoms with van der Waals surface area (Å²) in [5.41, 5.74) is 0. The predicted octanol–water partition coefficient (Wildman–Crippen LogP) is 5.64. The Balaban J connectivity index is 1.64. The summed E-state index contributed by atoms with van der Waals surface area (Å²) in [6.07, 6.45) is 11.6. The van der Waals surface area contributed by atoms with E-state index >= 15 is 0 Å². The van der Waals surface area contributed by atoms with Gasteiger partial charge in [0.15, 0.2) is 0 Å². The fraction of sp³-hybridized carbons (Fsp3) is 0.778. The Morgan fingerprint density at radius 1 is 1.24 bits per heavy atom. The standard InChI is InChI=1S/C18H28BrNS/c1-2-20-17(12-18-16(19)9-10-21-18)15-8-7-13-5-3-4-6-14(13)11-15/h9-10,13-15,17,20H,2-8,11-12H2,1H3. The summed E-state index contributed by atoms with van der Waals surface area (Å²) in [5, 5.41) is 6.01. The van der Waals surface area contributed by atoms with E-state index in [2.05, 4.69) is 39.6 Å². The van der Waals surface area contributed by atoms with Crippen LogP contribution in [0.15, 0.2) is 15.9 Å². The van der Waals surface area contributed by atoms with E-state index in [1.165, 1.54) is 60.7 Å². The van der Waals surface area contributed by atoms with Crippen molar-refractivity contribution in [2.45, 2.75) is 64.3 Å². The van der Waals surface area contributed by atoms with Crippen molar-refractivity contribution < 1.29 is 0 Å². The van der Waals surface area contributed by atoms with Crippen LogP contribution < -0.4 is 5.32 Å². The molecule has 21 heavy (non-hydrogen) atoms. The Bertz CT molecular complexity index is 444. The van der Waals surface area contributed by atoms with Crippen molar-refractivity contribution in [2.75, 3.05) is 6.54 Å². The minimum Gasteiger partial charge on any atom is -0.314 e. The van der Waals surface area contributed by atoms with Crippen LogP contribution in [-0.4, -0.2) is 12.6 Å². The molecule has 2 aliphatic carbocycles. The fourth-order valence-electron chi connectivity index (χ4n) is 4.61. The number of fused-ring (bicyclic) bond motifs is 1. The van der Waals surface area contributed by atoms with Crippen LogP contribution in [0, 0.1) is 17.8 Å². The maximum absolute atomic E-state index is 3.80. The zero-order chi connectivity index (χ0) is 14.7. The van der Waals surface area contributed by atoms with Gasteiger partial charge in [-0.05, 0) is 77.4 Å². The van der Waals surface area contributed by atoms with Gasteiger partial charge in [0.25, 0.3) is 0 Å². The van der Waals surface area contributed by atoms with Gasteiger partial charge in [0.2, 0.25) is 0 Å². The first-order valence-corrected chi connectivity index (χ1v) is 10.4. The molecule has 2 aliphatic rings. The van der Waals surface area contributed by atoms with E-state index in [1.807, 2.05) is 11.3 Å². The van der Waals surface area contributed by atoms with Crippen LogP contribution in [0.1, 0.15) is 56.7 Å². The molecule has 1 N–H and O–H groups in total. The summed E-state index contributed by atoms with van der Waals surface area (Å²) >= 11 is 5.61. The second kappa shape index (κ2) is 7.61. The molecule has 0 spiro atoms. The highest BCUT2D eigenvalue weighted by molar-refractivity contribution is 9.10. The van der Waals surface area contributed by atoms with E-state index in [-0.39, 0.29) is 0 Å². The molecule has 0 bridgehead atoms. The van der Waals surface area contributed by atoms with Crippen molar-refractivity contribution >= 4 is 27.3 Å². The highest BCUT2D eigenvalue weighted by Gasteiger charge is 2.35. The fourth-order valence-corrected chi connectivity index (χ4v) is 6.19. The molecule has 0 saturated heterocycles. The number of rotatable bonds is 5. The summed E-state index contributed by atoms with van der Waals surface area (Å²) in [4.78, 5) is 1.52. The van der Waals surface area contributed by atoms with Crippen molar-refractivity contribution in [2.24, 2.45) is 17.8 Å². The van der Waals surface area contributed by atoms with Gasteiger partial charge in [-0.2, -0.15) is 0 Å². The Morgan fingerprint density at radius 3 is 2.76 bits per heavy atom. The zero-order valence-electron chi connectivity index (χ0n) is 13.1. The van der Waals surface area contributed by atoms with Crippen LogP contribution in [-0.2, 0) is 6.42 Å². The van der Waals surface area contributed by atoms with Gasteiger partial charge in [-0.1, -0.05) is 32.6 Å². The van der Waals surface area contributed by atoms with Gasteiger partial charge in [-0.3, -0.25) is 0 Å². The molecule has 0 aromatic carbocycles. The summed E-state index contributed by atoms with van der Waals surface area (Å²) in [5.74, 6) is 2.98. The van der Waals surface area contributed by atoms with Gasteiger partial charge in [0.05, 0.1) is 0 Å². The normalized spacial score (nSPS) is 30.9. The number of likely N-dealkylation sites (N-methyl/N-ethyl adjacent to an activating group) is 1. The summed E-state index contributed by atoms with van der Waals surface area (Å²) < 4.78 is 1.31. The van der Waals surface area contributed by atoms with Gasteiger partial charge in [0.1, 0.15) is 0 Å². The first kappa shape index (κ1) is 16.0. The molecule has 0 aliphatic heterocycles. The third kappa shape index (κ3) is 3.92. The molecule has 1 nitrogen and oxygen atoms in total. The minimum atomic E-state index is 0.674. The molecule has 118 valence electrons. The van der Waals surface area contributed by atoms with E-state index in [0.29, 0.717) is 6.04 Å². The monoisotopic (exact) mass is 369 g/mol. The summed E-state index contributed by atoms with van der Waals surface area (Å²) in [7, 11) is 0. The molecule has 4 unspecified atom stereocenters. The van der Waals surface area contributed by atoms with Crippen LogP contribution >= 0.6 is 27.3 Å². The second-order valence-corrected chi connectivity index (χ2v) is 8.79. The van der Waals surface area contributed by atoms with E-state index in [4.69, 9.17) is 0 Å². The molecule has 1 aromatic rings. The molecule has 2 saturated carbocycles. The average molecular weight is 370 g/mol. The van der Waals surface area contributed by atoms with Gasteiger partial charge in [0, 0.05) is 15.4 Å². The molecule has 2 fully saturated rings. The number of hydrogen-bond acceptors (Lipinski definition) is 2. The highest BCUT2D eigenvalue weighted by Crippen LogP contribution is 2.44. The molecule has 3 rings (SSSR count). The van der Waals surface area contributed by atoms with Crippen molar-refractivity contribution in [1.29, 1.82) is 0 Å². The third-order valence-electron chi connectivity index (χ3n) is 5.71. The SMILES string of the molecule is CCNC(Cc1sccc1Br)C1CCC2CCCCC2C1. The van der Waals surface area contributed by atoms with E-state index in [1.54, 1.807) is 0 Å². The van der Waals surface area contributed by atoms with E-state index in [0.717, 1.165) is 24.3 Å². The molecule has 3 heteroatoms. The van der Waals surface area contributed by atoms with E-state index in [9.17, 15) is 0 Å². The Morgan fingerprint density at radius 2 is 2.05 bits per heavy atom. The molecule has 1 heterocycles. The van der Waals surface area contributed by atoms with Crippen molar-refractivity contribution in [1.82, 2.24) is 5.32 Å². The van der Waals surface area contributed by atoms with Crippen LogP contribution in [0.2, 0.25) is 0 Å². The first-order chi connectivity index (χ1) is 10.3. The van der Waals surface area contributed by atoms with Gasteiger partial charge in [-0.25, -0.2) is 0 Å². The quantitative estimate of drug-likeness (QED) is 0.707. The van der Waals surface area contributed by atoms with Crippen molar-refractivity contribution in [3.8, 4) is 0 Å². The predicted molar refractivity (Wildman–Crippen MR) is 96.0 cm³/mol. The van der Waals surface area contributed by atoms with Gasteiger partial charge >= 0.3 is 0 Å². The first-order valence-electron chi connectivity index (χ1n) is 8.73. The molecular formula is C18H28BrNS. The molecule has 0 amide bonds. The average Bonchev–Trinajstić information content (AvgIpc) is 2.91. The molecular weight excluding hydrogens is 342 g/mol. The van der Waals surface area contributed by atoms with Crippen LogP contribution in [0.5, 0.6) is 0 Å². The van der Waals surface area contributed by atoms with Crippen LogP contribution in [0.25, 0.3) is 0 Å². The Labute approximate surface area is 142 Å². The zero-order valence-corrected chi connectivity index (χ0v) is 15.5. The Kier molecular flexibility index (Phi) is 5.80. The topological polar surface area (TPSA) is 12.0 Å². The smallest absolute Gasteiger partial charge is 0.0314 e. The number of thiophene rings is 1.